The highest BCUT2D eigenvalue weighted by Gasteiger charge is 2.43. The Morgan fingerprint density at radius 3 is 1.30 bits per heavy atom. The number of hydrogen-bond donors (Lipinski definition) is 0. The van der Waals surface area contributed by atoms with Gasteiger partial charge in [0.2, 0.25) is 0 Å². The molecule has 0 saturated carbocycles. The molecule has 3 heteroatoms. The van der Waals surface area contributed by atoms with E-state index in [-0.39, 0.29) is 5.56 Å². The summed E-state index contributed by atoms with van der Waals surface area (Å²) < 4.78 is 31.5. The summed E-state index contributed by atoms with van der Waals surface area (Å²) in [6.45, 7) is 16.0. The van der Waals surface area contributed by atoms with Crippen LogP contribution in [-0.2, 0) is 5.92 Å². The maximum absolute atomic E-state index is 13.3. The minimum atomic E-state index is -2.81. The number of fused-ring (bicyclic) bond motifs is 1. The van der Waals surface area contributed by atoms with Crippen LogP contribution < -0.4 is 4.74 Å². The number of ether oxygens (including phenoxy) is 1. The fraction of sp³-hybridized carbons (Fsp3) is 0.800. The fourth-order valence-electron chi connectivity index (χ4n) is 3.72. The van der Waals surface area contributed by atoms with Crippen molar-refractivity contribution in [3.8, 4) is 5.75 Å². The molecule has 196 valence electrons. The number of aryl methyl sites for hydroxylation is 2. The maximum Gasteiger partial charge on any atom is 0.310 e. The van der Waals surface area contributed by atoms with E-state index in [1.165, 1.54) is 89.9 Å². The fourth-order valence-corrected chi connectivity index (χ4v) is 3.72. The van der Waals surface area contributed by atoms with E-state index in [2.05, 4.69) is 27.7 Å². The maximum atomic E-state index is 13.3. The average molecular weight is 471 g/mol. The first kappa shape index (κ1) is 34.0. The van der Waals surface area contributed by atoms with Gasteiger partial charge in [0, 0.05) is 0 Å². The number of alkyl halides is 2. The summed E-state index contributed by atoms with van der Waals surface area (Å²) in [6.07, 6.45) is 19.9. The Morgan fingerprint density at radius 1 is 0.636 bits per heavy atom. The van der Waals surface area contributed by atoms with Crippen molar-refractivity contribution in [2.24, 2.45) is 0 Å². The zero-order chi connectivity index (χ0) is 25.5. The summed E-state index contributed by atoms with van der Waals surface area (Å²) >= 11 is 0. The second-order valence-corrected chi connectivity index (χ2v) is 8.93. The molecule has 0 amide bonds. The number of unbranched alkanes of at least 4 members (excludes halogenated alkanes) is 12. The molecule has 0 unspecified atom stereocenters. The summed E-state index contributed by atoms with van der Waals surface area (Å²) in [5.41, 5.74) is 1.44. The summed E-state index contributed by atoms with van der Waals surface area (Å²) in [6, 6.07) is 3.51. The van der Waals surface area contributed by atoms with Crippen LogP contribution >= 0.6 is 0 Å². The lowest BCUT2D eigenvalue weighted by Gasteiger charge is -2.09. The highest BCUT2D eigenvalue weighted by atomic mass is 19.3. The van der Waals surface area contributed by atoms with Crippen LogP contribution in [0.4, 0.5) is 8.78 Å². The normalized spacial score (nSPS) is 12.8. The molecule has 1 aliphatic rings. The Hall–Kier alpha value is -1.12. The first-order valence-electron chi connectivity index (χ1n) is 14.0. The molecule has 33 heavy (non-hydrogen) atoms. The van der Waals surface area contributed by atoms with Crippen LogP contribution in [0.25, 0.3) is 0 Å². The molecule has 1 aromatic carbocycles. The molecule has 0 aromatic heterocycles. The van der Waals surface area contributed by atoms with Gasteiger partial charge in [0.05, 0.1) is 5.56 Å². The van der Waals surface area contributed by atoms with Crippen LogP contribution in [-0.4, -0.2) is 6.61 Å². The van der Waals surface area contributed by atoms with E-state index in [9.17, 15) is 8.78 Å². The SMILES string of the molecule is CC.CCCCCCCCC.CCCCCCCCC.Cc1ccc(C)c2c1OCC2(F)F. The zero-order valence-electron chi connectivity index (χ0n) is 23.4. The number of hydrogen-bond acceptors (Lipinski definition) is 1. The summed E-state index contributed by atoms with van der Waals surface area (Å²) in [5.74, 6) is -2.45. The van der Waals surface area contributed by atoms with E-state index in [4.69, 9.17) is 4.74 Å². The lowest BCUT2D eigenvalue weighted by atomic mass is 10.0. The van der Waals surface area contributed by atoms with Gasteiger partial charge in [0.1, 0.15) is 5.75 Å². The zero-order valence-corrected chi connectivity index (χ0v) is 23.4. The second kappa shape index (κ2) is 22.7. The molecule has 1 nitrogen and oxygen atoms in total. The van der Waals surface area contributed by atoms with Crippen molar-refractivity contribution >= 4 is 0 Å². The Kier molecular flexibility index (Phi) is 23.4. The lowest BCUT2D eigenvalue weighted by molar-refractivity contribution is -0.0218. The largest absolute Gasteiger partial charge is 0.486 e. The molecule has 0 fully saturated rings. The van der Waals surface area contributed by atoms with Gasteiger partial charge in [-0.25, -0.2) is 0 Å². The van der Waals surface area contributed by atoms with Gasteiger partial charge in [-0.1, -0.05) is 144 Å². The van der Waals surface area contributed by atoms with Gasteiger partial charge >= 0.3 is 5.92 Å². The van der Waals surface area contributed by atoms with Crippen molar-refractivity contribution in [3.05, 3.63) is 28.8 Å². The Morgan fingerprint density at radius 2 is 0.970 bits per heavy atom. The number of halogens is 2. The van der Waals surface area contributed by atoms with Crippen molar-refractivity contribution < 1.29 is 13.5 Å². The molecule has 2 rings (SSSR count). The molecule has 0 bridgehead atoms. The molecule has 0 radical (unpaired) electrons. The molecule has 0 saturated heterocycles. The van der Waals surface area contributed by atoms with Crippen LogP contribution in [0.2, 0.25) is 0 Å². The van der Waals surface area contributed by atoms with Gasteiger partial charge in [-0.05, 0) is 25.0 Å². The van der Waals surface area contributed by atoms with Crippen LogP contribution in [0.3, 0.4) is 0 Å². The topological polar surface area (TPSA) is 9.23 Å². The van der Waals surface area contributed by atoms with Gasteiger partial charge < -0.3 is 4.74 Å². The highest BCUT2D eigenvalue weighted by molar-refractivity contribution is 5.50. The lowest BCUT2D eigenvalue weighted by Crippen LogP contribution is -2.15. The molecule has 1 heterocycles. The quantitative estimate of drug-likeness (QED) is 0.276. The summed E-state index contributed by atoms with van der Waals surface area (Å²) in [5, 5.41) is 0. The van der Waals surface area contributed by atoms with Gasteiger partial charge in [-0.3, -0.25) is 0 Å². The first-order chi connectivity index (χ1) is 15.9. The van der Waals surface area contributed by atoms with E-state index in [0.29, 0.717) is 11.3 Å². The molecule has 1 aromatic rings. The summed E-state index contributed by atoms with van der Waals surface area (Å²) in [7, 11) is 0. The van der Waals surface area contributed by atoms with Crippen molar-refractivity contribution in [2.75, 3.05) is 6.61 Å². The first-order valence-corrected chi connectivity index (χ1v) is 14.0. The van der Waals surface area contributed by atoms with E-state index < -0.39 is 12.5 Å². The predicted octanol–water partition coefficient (Wildman–Crippen LogP) is 11.3. The standard InChI is InChI=1S/C10H10F2O.2C9H20.C2H6/c1-6-3-4-7(2)9-8(6)10(11,12)5-13-9;2*1-3-5-7-9-8-6-4-2;1-2/h3-4H,5H2,1-2H3;2*3-9H2,1-2H3;1-2H3. The Bertz CT molecular complexity index is 528. The minimum absolute atomic E-state index is 0.0625. The van der Waals surface area contributed by atoms with E-state index >= 15 is 0 Å². The van der Waals surface area contributed by atoms with Crippen LogP contribution in [0.5, 0.6) is 5.75 Å². The molecule has 0 N–H and O–H groups in total. The molecule has 0 atom stereocenters. The highest BCUT2D eigenvalue weighted by Crippen LogP contribution is 2.44. The number of rotatable bonds is 12. The molecule has 0 spiro atoms. The second-order valence-electron chi connectivity index (χ2n) is 8.93. The van der Waals surface area contributed by atoms with E-state index in [1.54, 1.807) is 26.0 Å². The third-order valence-electron chi connectivity index (χ3n) is 5.74. The van der Waals surface area contributed by atoms with Gasteiger partial charge in [0.15, 0.2) is 6.61 Å². The van der Waals surface area contributed by atoms with Gasteiger partial charge in [-0.15, -0.1) is 0 Å². The van der Waals surface area contributed by atoms with Crippen molar-refractivity contribution in [2.45, 2.75) is 151 Å². The number of benzene rings is 1. The molecular weight excluding hydrogens is 414 g/mol. The van der Waals surface area contributed by atoms with E-state index in [0.717, 1.165) is 5.56 Å². The van der Waals surface area contributed by atoms with E-state index in [1.807, 2.05) is 13.8 Å². The monoisotopic (exact) mass is 470 g/mol. The molecule has 0 aliphatic carbocycles. The summed E-state index contributed by atoms with van der Waals surface area (Å²) in [4.78, 5) is 0. The van der Waals surface area contributed by atoms with Crippen molar-refractivity contribution in [1.82, 2.24) is 0 Å². The third-order valence-corrected chi connectivity index (χ3v) is 5.74. The minimum Gasteiger partial charge on any atom is -0.486 e. The molecular formula is C30H56F2O. The average Bonchev–Trinajstić information content (AvgIpc) is 3.15. The Balaban J connectivity index is 0. The van der Waals surface area contributed by atoms with Crippen LogP contribution in [0, 0.1) is 13.8 Å². The smallest absolute Gasteiger partial charge is 0.310 e. The van der Waals surface area contributed by atoms with Crippen LogP contribution in [0.1, 0.15) is 148 Å². The van der Waals surface area contributed by atoms with Crippen molar-refractivity contribution in [3.63, 3.8) is 0 Å². The van der Waals surface area contributed by atoms with Gasteiger partial charge in [-0.2, -0.15) is 8.78 Å². The Labute approximate surface area is 206 Å². The van der Waals surface area contributed by atoms with Gasteiger partial charge in [0.25, 0.3) is 0 Å². The third kappa shape index (κ3) is 16.2. The van der Waals surface area contributed by atoms with Crippen molar-refractivity contribution in [1.29, 1.82) is 0 Å². The molecule has 1 aliphatic heterocycles. The van der Waals surface area contributed by atoms with Crippen LogP contribution in [0.15, 0.2) is 12.1 Å². The predicted molar refractivity (Wildman–Crippen MR) is 144 cm³/mol.